The molecule has 15 heavy (non-hydrogen) atoms. The molecule has 0 radical (unpaired) electrons. The lowest BCUT2D eigenvalue weighted by atomic mass is 10.1. The number of rotatable bonds is 0. The Balaban J connectivity index is 2.47. The monoisotopic (exact) mass is 197 g/mol. The number of hydrogen-bond acceptors (Lipinski definition) is 0. The van der Waals surface area contributed by atoms with E-state index in [1.165, 1.54) is 27.7 Å². The number of hydrogen-bond donors (Lipinski definition) is 0. The van der Waals surface area contributed by atoms with Crippen LogP contribution in [-0.4, -0.2) is 4.57 Å². The topological polar surface area (TPSA) is 4.93 Å². The molecule has 3 rings (SSSR count). The van der Waals surface area contributed by atoms with Crippen molar-refractivity contribution in [1.82, 2.24) is 4.57 Å². The predicted molar refractivity (Wildman–Crippen MR) is 64.9 cm³/mol. The van der Waals surface area contributed by atoms with Crippen molar-refractivity contribution in [3.05, 3.63) is 41.6 Å². The van der Waals surface area contributed by atoms with Gasteiger partial charge in [-0.3, -0.25) is 0 Å². The van der Waals surface area contributed by atoms with Crippen molar-refractivity contribution in [3.63, 3.8) is 0 Å². The number of aryl methyl sites for hydroxylation is 2. The molecule has 0 atom stereocenters. The fourth-order valence-electron chi connectivity index (χ4n) is 2.72. The van der Waals surface area contributed by atoms with Crippen LogP contribution in [0.4, 0.5) is 0 Å². The summed E-state index contributed by atoms with van der Waals surface area (Å²) in [7, 11) is 0. The highest BCUT2D eigenvalue weighted by atomic mass is 15.0. The molecule has 0 saturated carbocycles. The van der Waals surface area contributed by atoms with E-state index in [-0.39, 0.29) is 0 Å². The second-order valence-corrected chi connectivity index (χ2v) is 4.32. The Bertz CT molecular complexity index is 558. The van der Waals surface area contributed by atoms with E-state index in [0.717, 1.165) is 13.0 Å². The molecule has 1 aliphatic heterocycles. The lowest BCUT2D eigenvalue weighted by molar-refractivity contribution is 0.711. The zero-order valence-electron chi connectivity index (χ0n) is 9.25. The van der Waals surface area contributed by atoms with Gasteiger partial charge in [0.2, 0.25) is 0 Å². The summed E-state index contributed by atoms with van der Waals surface area (Å²) in [6.07, 6.45) is 3.51. The summed E-state index contributed by atoms with van der Waals surface area (Å²) in [5, 5.41) is 1.40. The van der Waals surface area contributed by atoms with Crippen LogP contribution in [0.3, 0.4) is 0 Å². The van der Waals surface area contributed by atoms with E-state index in [1.807, 2.05) is 0 Å². The zero-order valence-corrected chi connectivity index (χ0v) is 9.25. The second-order valence-electron chi connectivity index (χ2n) is 4.32. The van der Waals surface area contributed by atoms with Gasteiger partial charge in [-0.25, -0.2) is 0 Å². The number of aromatic nitrogens is 1. The van der Waals surface area contributed by atoms with E-state index < -0.39 is 0 Å². The zero-order chi connectivity index (χ0) is 10.4. The summed E-state index contributed by atoms with van der Waals surface area (Å²) in [5.74, 6) is 0. The molecule has 0 amide bonds. The number of para-hydroxylation sites is 1. The van der Waals surface area contributed by atoms with Gasteiger partial charge in [-0.05, 0) is 37.5 Å². The van der Waals surface area contributed by atoms with Crippen molar-refractivity contribution in [2.45, 2.75) is 26.8 Å². The van der Waals surface area contributed by atoms with Gasteiger partial charge >= 0.3 is 0 Å². The van der Waals surface area contributed by atoms with Gasteiger partial charge in [0.05, 0.1) is 0 Å². The van der Waals surface area contributed by atoms with Crippen molar-refractivity contribution in [2.75, 3.05) is 0 Å². The van der Waals surface area contributed by atoms with Crippen molar-refractivity contribution >= 4 is 16.5 Å². The smallest absolute Gasteiger partial charge is 0.0488 e. The maximum Gasteiger partial charge on any atom is 0.0488 e. The Labute approximate surface area is 90.0 Å². The quantitative estimate of drug-likeness (QED) is 0.606. The highest BCUT2D eigenvalue weighted by molar-refractivity contribution is 5.90. The standard InChI is InChI=1S/C14H15N/c1-10-6-5-9-15-13-8-4-3-7-12(13)11(2)14(10)15/h3-4,6-8H,5,9H2,1-2H3. The first-order chi connectivity index (χ1) is 7.29. The summed E-state index contributed by atoms with van der Waals surface area (Å²) in [4.78, 5) is 0. The minimum Gasteiger partial charge on any atom is -0.340 e. The third kappa shape index (κ3) is 1.09. The third-order valence-corrected chi connectivity index (χ3v) is 3.40. The van der Waals surface area contributed by atoms with Gasteiger partial charge in [0.15, 0.2) is 0 Å². The molecule has 76 valence electrons. The molecular formula is C14H15N. The van der Waals surface area contributed by atoms with Gasteiger partial charge in [0.25, 0.3) is 0 Å². The second kappa shape index (κ2) is 2.99. The summed E-state index contributed by atoms with van der Waals surface area (Å²) < 4.78 is 2.46. The van der Waals surface area contributed by atoms with Crippen LogP contribution in [0.25, 0.3) is 16.5 Å². The van der Waals surface area contributed by atoms with Crippen LogP contribution < -0.4 is 0 Å². The van der Waals surface area contributed by atoms with Gasteiger partial charge in [-0.15, -0.1) is 0 Å². The minimum absolute atomic E-state index is 1.13. The molecule has 1 aromatic carbocycles. The normalized spacial score (nSPS) is 15.2. The lowest BCUT2D eigenvalue weighted by Crippen LogP contribution is -2.06. The lowest BCUT2D eigenvalue weighted by Gasteiger charge is -2.15. The molecule has 0 bridgehead atoms. The van der Waals surface area contributed by atoms with Crippen LogP contribution in [-0.2, 0) is 6.54 Å². The van der Waals surface area contributed by atoms with Crippen molar-refractivity contribution in [3.8, 4) is 0 Å². The number of fused-ring (bicyclic) bond motifs is 3. The molecule has 0 fully saturated rings. The van der Waals surface area contributed by atoms with Crippen LogP contribution in [0.5, 0.6) is 0 Å². The Hall–Kier alpha value is -1.50. The summed E-state index contributed by atoms with van der Waals surface area (Å²) >= 11 is 0. The average molecular weight is 197 g/mol. The molecule has 0 N–H and O–H groups in total. The first-order valence-electron chi connectivity index (χ1n) is 5.54. The first-order valence-corrected chi connectivity index (χ1v) is 5.54. The van der Waals surface area contributed by atoms with Crippen molar-refractivity contribution in [2.24, 2.45) is 0 Å². The molecule has 2 heterocycles. The summed E-state index contributed by atoms with van der Waals surface area (Å²) in [6, 6.07) is 8.71. The van der Waals surface area contributed by atoms with Crippen LogP contribution in [0.2, 0.25) is 0 Å². The van der Waals surface area contributed by atoms with Gasteiger partial charge < -0.3 is 4.57 Å². The average Bonchev–Trinajstić information content (AvgIpc) is 2.55. The molecule has 0 saturated heterocycles. The van der Waals surface area contributed by atoms with Gasteiger partial charge in [-0.2, -0.15) is 0 Å². The van der Waals surface area contributed by atoms with E-state index in [1.54, 1.807) is 0 Å². The molecule has 1 aliphatic rings. The van der Waals surface area contributed by atoms with E-state index in [9.17, 15) is 0 Å². The summed E-state index contributed by atoms with van der Waals surface area (Å²) in [5.41, 5.74) is 5.67. The highest BCUT2D eigenvalue weighted by Crippen LogP contribution is 2.32. The van der Waals surface area contributed by atoms with E-state index in [0.29, 0.717) is 0 Å². The predicted octanol–water partition coefficient (Wildman–Crippen LogP) is 3.76. The number of nitrogens with zero attached hydrogens (tertiary/aromatic N) is 1. The van der Waals surface area contributed by atoms with Crippen LogP contribution in [0.1, 0.15) is 24.6 Å². The Morgan fingerprint density at radius 3 is 2.80 bits per heavy atom. The molecule has 0 unspecified atom stereocenters. The van der Waals surface area contributed by atoms with E-state index in [4.69, 9.17) is 0 Å². The highest BCUT2D eigenvalue weighted by Gasteiger charge is 2.16. The van der Waals surface area contributed by atoms with Gasteiger partial charge in [0.1, 0.15) is 0 Å². The molecule has 2 aromatic rings. The molecular weight excluding hydrogens is 182 g/mol. The Kier molecular flexibility index (Phi) is 1.75. The maximum atomic E-state index is 2.46. The third-order valence-electron chi connectivity index (χ3n) is 3.40. The largest absolute Gasteiger partial charge is 0.340 e. The fourth-order valence-corrected chi connectivity index (χ4v) is 2.72. The fraction of sp³-hybridized carbons (Fsp3) is 0.286. The first kappa shape index (κ1) is 8.78. The maximum absolute atomic E-state index is 2.46. The number of allylic oxidation sites excluding steroid dienone is 2. The molecule has 0 aliphatic carbocycles. The minimum atomic E-state index is 1.13. The SMILES string of the molecule is CC1=CCCn2c1c(C)c1ccccc12. The molecule has 0 spiro atoms. The molecule has 1 aromatic heterocycles. The van der Waals surface area contributed by atoms with Crippen LogP contribution in [0.15, 0.2) is 30.3 Å². The van der Waals surface area contributed by atoms with E-state index >= 15 is 0 Å². The van der Waals surface area contributed by atoms with Gasteiger partial charge in [-0.1, -0.05) is 24.3 Å². The number of benzene rings is 1. The van der Waals surface area contributed by atoms with Crippen LogP contribution in [0, 0.1) is 6.92 Å². The molecule has 1 nitrogen and oxygen atoms in total. The van der Waals surface area contributed by atoms with E-state index in [2.05, 4.69) is 48.8 Å². The van der Waals surface area contributed by atoms with Crippen LogP contribution >= 0.6 is 0 Å². The Morgan fingerprint density at radius 1 is 1.13 bits per heavy atom. The van der Waals surface area contributed by atoms with Crippen molar-refractivity contribution < 1.29 is 0 Å². The Morgan fingerprint density at radius 2 is 1.93 bits per heavy atom. The summed E-state index contributed by atoms with van der Waals surface area (Å²) in [6.45, 7) is 5.58. The van der Waals surface area contributed by atoms with Gasteiger partial charge in [0, 0.05) is 23.1 Å². The molecule has 1 heteroatoms. The van der Waals surface area contributed by atoms with Crippen molar-refractivity contribution in [1.29, 1.82) is 0 Å².